The van der Waals surface area contributed by atoms with Gasteiger partial charge in [-0.1, -0.05) is 82.3 Å². The van der Waals surface area contributed by atoms with Gasteiger partial charge in [-0.3, -0.25) is 4.99 Å². The van der Waals surface area contributed by atoms with E-state index in [4.69, 9.17) is 4.99 Å². The first-order chi connectivity index (χ1) is 13.3. The van der Waals surface area contributed by atoms with Gasteiger partial charge in [0.25, 0.3) is 0 Å². The molecule has 3 rings (SSSR count). The number of hydrogen-bond donors (Lipinski definition) is 0. The van der Waals surface area contributed by atoms with Crippen molar-refractivity contribution in [3.63, 3.8) is 0 Å². The molecule has 0 saturated heterocycles. The second kappa shape index (κ2) is 8.56. The lowest BCUT2D eigenvalue weighted by Crippen LogP contribution is -2.00. The molecule has 1 nitrogen and oxygen atoms in total. The van der Waals surface area contributed by atoms with Gasteiger partial charge in [0.05, 0.1) is 5.69 Å². The SMILES string of the molecule is CC(=Nc1ccc(-c2ccc(-c3ccc(C(C)C)cc3)cc2)cc1C)C(C)C. The predicted molar refractivity (Wildman–Crippen MR) is 124 cm³/mol. The lowest BCUT2D eigenvalue weighted by atomic mass is 9.96. The second-order valence-electron chi connectivity index (χ2n) is 8.26. The summed E-state index contributed by atoms with van der Waals surface area (Å²) in [6.45, 7) is 13.1. The molecular formula is C27H31N. The van der Waals surface area contributed by atoms with Gasteiger partial charge in [-0.05, 0) is 71.2 Å². The van der Waals surface area contributed by atoms with Crippen molar-refractivity contribution in [1.29, 1.82) is 0 Å². The molecule has 1 heteroatoms. The highest BCUT2D eigenvalue weighted by atomic mass is 14.7. The van der Waals surface area contributed by atoms with Crippen LogP contribution in [0, 0.1) is 12.8 Å². The van der Waals surface area contributed by atoms with Crippen LogP contribution in [0.4, 0.5) is 5.69 Å². The Morgan fingerprint density at radius 1 is 0.679 bits per heavy atom. The van der Waals surface area contributed by atoms with Crippen LogP contribution < -0.4 is 0 Å². The molecule has 0 unspecified atom stereocenters. The van der Waals surface area contributed by atoms with Crippen molar-refractivity contribution in [1.82, 2.24) is 0 Å². The van der Waals surface area contributed by atoms with Crippen molar-refractivity contribution < 1.29 is 0 Å². The molecule has 0 fully saturated rings. The van der Waals surface area contributed by atoms with Gasteiger partial charge in [-0.15, -0.1) is 0 Å². The maximum atomic E-state index is 4.78. The van der Waals surface area contributed by atoms with Crippen LogP contribution in [0.25, 0.3) is 22.3 Å². The van der Waals surface area contributed by atoms with Crippen molar-refractivity contribution in [2.24, 2.45) is 10.9 Å². The van der Waals surface area contributed by atoms with Crippen LogP contribution in [0.2, 0.25) is 0 Å². The Hall–Kier alpha value is -2.67. The summed E-state index contributed by atoms with van der Waals surface area (Å²) in [5.74, 6) is 1.04. The van der Waals surface area contributed by atoms with Gasteiger partial charge in [-0.25, -0.2) is 0 Å². The largest absolute Gasteiger partial charge is 0.258 e. The molecule has 0 saturated carbocycles. The van der Waals surface area contributed by atoms with E-state index in [1.54, 1.807) is 0 Å². The average molecular weight is 370 g/mol. The summed E-state index contributed by atoms with van der Waals surface area (Å²) < 4.78 is 0. The van der Waals surface area contributed by atoms with Gasteiger partial charge < -0.3 is 0 Å². The Bertz CT molecular complexity index is 958. The third kappa shape index (κ3) is 4.59. The van der Waals surface area contributed by atoms with Crippen LogP contribution in [0.1, 0.15) is 51.7 Å². The van der Waals surface area contributed by atoms with E-state index in [1.165, 1.54) is 39.1 Å². The molecule has 0 spiro atoms. The van der Waals surface area contributed by atoms with E-state index >= 15 is 0 Å². The van der Waals surface area contributed by atoms with Crippen LogP contribution in [0.5, 0.6) is 0 Å². The van der Waals surface area contributed by atoms with Crippen molar-refractivity contribution in [2.45, 2.75) is 47.5 Å². The maximum absolute atomic E-state index is 4.78. The smallest absolute Gasteiger partial charge is 0.0658 e. The molecular weight excluding hydrogens is 338 g/mol. The number of hydrogen-bond acceptors (Lipinski definition) is 1. The summed E-state index contributed by atoms with van der Waals surface area (Å²) >= 11 is 0. The van der Waals surface area contributed by atoms with E-state index < -0.39 is 0 Å². The molecule has 0 aliphatic carbocycles. The summed E-state index contributed by atoms with van der Waals surface area (Å²) in [5, 5.41) is 0. The van der Waals surface area contributed by atoms with E-state index in [2.05, 4.69) is 108 Å². The highest BCUT2D eigenvalue weighted by Crippen LogP contribution is 2.29. The van der Waals surface area contributed by atoms with Crippen LogP contribution in [0.15, 0.2) is 71.7 Å². The first-order valence-electron chi connectivity index (χ1n) is 10.2. The molecule has 0 bridgehead atoms. The summed E-state index contributed by atoms with van der Waals surface area (Å²) in [6, 6.07) is 24.3. The number of benzene rings is 3. The molecule has 0 heterocycles. The monoisotopic (exact) mass is 369 g/mol. The molecule has 3 aromatic rings. The Morgan fingerprint density at radius 2 is 1.14 bits per heavy atom. The number of aryl methyl sites for hydroxylation is 1. The standard InChI is InChI=1S/C27H31N/c1-18(2)21(6)28-27-16-15-26(17-20(27)5)25-13-11-24(12-14-25)23-9-7-22(8-10-23)19(3)4/h7-19H,1-6H3. The zero-order valence-electron chi connectivity index (χ0n) is 18.0. The fourth-order valence-corrected chi connectivity index (χ4v) is 3.20. The van der Waals surface area contributed by atoms with Crippen LogP contribution in [-0.2, 0) is 0 Å². The van der Waals surface area contributed by atoms with Gasteiger partial charge in [0.2, 0.25) is 0 Å². The van der Waals surface area contributed by atoms with Crippen LogP contribution in [-0.4, -0.2) is 5.71 Å². The fraction of sp³-hybridized carbons (Fsp3) is 0.296. The molecule has 0 radical (unpaired) electrons. The second-order valence-corrected chi connectivity index (χ2v) is 8.26. The van der Waals surface area contributed by atoms with E-state index in [0.717, 1.165) is 5.69 Å². The zero-order chi connectivity index (χ0) is 20.3. The minimum atomic E-state index is 0.473. The van der Waals surface area contributed by atoms with E-state index in [0.29, 0.717) is 11.8 Å². The van der Waals surface area contributed by atoms with Gasteiger partial charge >= 0.3 is 0 Å². The predicted octanol–water partition coefficient (Wildman–Crippen LogP) is 8.20. The fourth-order valence-electron chi connectivity index (χ4n) is 3.20. The van der Waals surface area contributed by atoms with Crippen molar-refractivity contribution >= 4 is 11.4 Å². The Morgan fingerprint density at radius 3 is 1.61 bits per heavy atom. The van der Waals surface area contributed by atoms with Crippen LogP contribution in [0.3, 0.4) is 0 Å². The highest BCUT2D eigenvalue weighted by molar-refractivity contribution is 5.87. The lowest BCUT2D eigenvalue weighted by molar-refractivity contribution is 0.867. The minimum absolute atomic E-state index is 0.473. The Labute approximate surface area is 170 Å². The third-order valence-corrected chi connectivity index (χ3v) is 5.46. The van der Waals surface area contributed by atoms with Gasteiger partial charge in [0.15, 0.2) is 0 Å². The number of nitrogens with zero attached hydrogens (tertiary/aromatic N) is 1. The van der Waals surface area contributed by atoms with Crippen molar-refractivity contribution in [2.75, 3.05) is 0 Å². The molecule has 0 N–H and O–H groups in total. The molecule has 0 aliphatic heterocycles. The number of aliphatic imine (C=N–C) groups is 1. The first kappa shape index (κ1) is 20.1. The molecule has 0 amide bonds. The first-order valence-corrected chi connectivity index (χ1v) is 10.2. The molecule has 28 heavy (non-hydrogen) atoms. The normalized spacial score (nSPS) is 12.1. The highest BCUT2D eigenvalue weighted by Gasteiger charge is 2.06. The average Bonchev–Trinajstić information content (AvgIpc) is 2.69. The summed E-state index contributed by atoms with van der Waals surface area (Å²) in [6.07, 6.45) is 0. The van der Waals surface area contributed by atoms with Gasteiger partial charge in [0.1, 0.15) is 0 Å². The quantitative estimate of drug-likeness (QED) is 0.402. The number of rotatable bonds is 5. The molecule has 3 aromatic carbocycles. The van der Waals surface area contributed by atoms with E-state index in [9.17, 15) is 0 Å². The minimum Gasteiger partial charge on any atom is -0.258 e. The Kier molecular flexibility index (Phi) is 6.14. The Balaban J connectivity index is 1.83. The summed E-state index contributed by atoms with van der Waals surface area (Å²) in [4.78, 5) is 4.78. The van der Waals surface area contributed by atoms with Gasteiger partial charge in [0, 0.05) is 5.71 Å². The molecule has 0 aromatic heterocycles. The van der Waals surface area contributed by atoms with E-state index in [-0.39, 0.29) is 0 Å². The van der Waals surface area contributed by atoms with Crippen LogP contribution >= 0.6 is 0 Å². The lowest BCUT2D eigenvalue weighted by Gasteiger charge is -2.10. The summed E-state index contributed by atoms with van der Waals surface area (Å²) in [7, 11) is 0. The van der Waals surface area contributed by atoms with Gasteiger partial charge in [-0.2, -0.15) is 0 Å². The van der Waals surface area contributed by atoms with Crippen molar-refractivity contribution in [3.05, 3.63) is 77.9 Å². The topological polar surface area (TPSA) is 12.4 Å². The molecule has 0 aliphatic rings. The molecule has 0 atom stereocenters. The third-order valence-electron chi connectivity index (χ3n) is 5.46. The molecule has 144 valence electrons. The van der Waals surface area contributed by atoms with Crippen molar-refractivity contribution in [3.8, 4) is 22.3 Å². The van der Waals surface area contributed by atoms with E-state index in [1.807, 2.05) is 0 Å². The maximum Gasteiger partial charge on any atom is 0.0658 e. The summed E-state index contributed by atoms with van der Waals surface area (Å²) in [5.41, 5.74) is 9.82. The zero-order valence-corrected chi connectivity index (χ0v) is 18.0.